The van der Waals surface area contributed by atoms with Crippen LogP contribution in [0.3, 0.4) is 0 Å². The average molecular weight is 468 g/mol. The minimum atomic E-state index is -4.94. The molecule has 0 saturated heterocycles. The molecule has 0 aromatic carbocycles. The third-order valence-corrected chi connectivity index (χ3v) is 6.15. The van der Waals surface area contributed by atoms with E-state index in [0.717, 1.165) is 0 Å². The number of hydrogen-bond donors (Lipinski definition) is 0. The molecule has 0 fully saturated rings. The Morgan fingerprint density at radius 3 is 0.839 bits per heavy atom. The molecule has 0 spiro atoms. The minimum Gasteiger partial charge on any atom is -0.326 e. The van der Waals surface area contributed by atoms with Crippen LogP contribution in [0.1, 0.15) is 136 Å². The second kappa shape index (κ2) is 23.3. The SMILES string of the molecule is CCCCCCCC[N+](C)(CCCCCCCC)CCCCCCCC.[O-][Cl+3]([O-])([O-])[O-]. The van der Waals surface area contributed by atoms with Crippen molar-refractivity contribution in [3.8, 4) is 0 Å². The van der Waals surface area contributed by atoms with Crippen molar-refractivity contribution < 1.29 is 33.4 Å². The summed E-state index contributed by atoms with van der Waals surface area (Å²) >= 11 is 0. The predicted molar refractivity (Wildman–Crippen MR) is 121 cm³/mol. The van der Waals surface area contributed by atoms with Crippen LogP contribution < -0.4 is 18.6 Å². The lowest BCUT2D eigenvalue weighted by atomic mass is 10.1. The number of halogens is 1. The van der Waals surface area contributed by atoms with Crippen LogP contribution in [0.4, 0.5) is 0 Å². The molecule has 0 aromatic rings. The molecule has 0 bridgehead atoms. The highest BCUT2D eigenvalue weighted by atomic mass is 35.7. The second-order valence-corrected chi connectivity index (χ2v) is 10.2. The van der Waals surface area contributed by atoms with E-state index in [0.29, 0.717) is 0 Å². The lowest BCUT2D eigenvalue weighted by Gasteiger charge is -2.35. The van der Waals surface area contributed by atoms with Gasteiger partial charge in [0.15, 0.2) is 0 Å². The Hall–Kier alpha value is 0.0900. The molecule has 31 heavy (non-hydrogen) atoms. The summed E-state index contributed by atoms with van der Waals surface area (Å²) in [4.78, 5) is 0. The van der Waals surface area contributed by atoms with Crippen molar-refractivity contribution in [2.24, 2.45) is 0 Å². The van der Waals surface area contributed by atoms with Gasteiger partial charge in [-0.05, 0) is 38.5 Å². The molecule has 190 valence electrons. The first-order valence-electron chi connectivity index (χ1n) is 13.1. The average Bonchev–Trinajstić information content (AvgIpc) is 2.69. The molecule has 0 unspecified atom stereocenters. The third-order valence-electron chi connectivity index (χ3n) is 6.15. The summed E-state index contributed by atoms with van der Waals surface area (Å²) in [5.74, 6) is 0. The number of unbranched alkanes of at least 4 members (excludes halogenated alkanes) is 15. The molecule has 6 heteroatoms. The molecule has 0 radical (unpaired) electrons. The van der Waals surface area contributed by atoms with Crippen LogP contribution >= 0.6 is 0 Å². The summed E-state index contributed by atoms with van der Waals surface area (Å²) < 4.78 is 35.3. The maximum Gasteiger partial charge on any atom is 0.0784 e. The van der Waals surface area contributed by atoms with Crippen LogP contribution in [-0.4, -0.2) is 31.2 Å². The van der Waals surface area contributed by atoms with E-state index in [1.54, 1.807) is 0 Å². The highest BCUT2D eigenvalue weighted by Crippen LogP contribution is 2.16. The zero-order valence-corrected chi connectivity index (χ0v) is 22.1. The summed E-state index contributed by atoms with van der Waals surface area (Å²) in [7, 11) is -2.38. The Morgan fingerprint density at radius 2 is 0.613 bits per heavy atom. The quantitative estimate of drug-likeness (QED) is 0.190. The van der Waals surface area contributed by atoms with Crippen LogP contribution in [0.5, 0.6) is 0 Å². The fourth-order valence-electron chi connectivity index (χ4n) is 4.16. The van der Waals surface area contributed by atoms with Crippen LogP contribution in [0, 0.1) is 10.2 Å². The van der Waals surface area contributed by atoms with Crippen molar-refractivity contribution in [3.63, 3.8) is 0 Å². The van der Waals surface area contributed by atoms with Crippen molar-refractivity contribution in [1.82, 2.24) is 0 Å². The van der Waals surface area contributed by atoms with Gasteiger partial charge in [0.1, 0.15) is 0 Å². The van der Waals surface area contributed by atoms with E-state index in [9.17, 15) is 0 Å². The van der Waals surface area contributed by atoms with Crippen LogP contribution in [0.15, 0.2) is 0 Å². The number of nitrogens with zero attached hydrogens (tertiary/aromatic N) is 1. The first kappa shape index (κ1) is 33.3. The molecule has 0 atom stereocenters. The van der Waals surface area contributed by atoms with Gasteiger partial charge in [0.25, 0.3) is 0 Å². The molecule has 0 saturated carbocycles. The van der Waals surface area contributed by atoms with Gasteiger partial charge in [-0.1, -0.05) is 97.8 Å². The smallest absolute Gasteiger partial charge is 0.0784 e. The molecular formula is C25H54ClNO4. The normalized spacial score (nSPS) is 12.0. The Bertz CT molecular complexity index is 304. The van der Waals surface area contributed by atoms with E-state index in [4.69, 9.17) is 18.6 Å². The Kier molecular flexibility index (Phi) is 25.0. The Balaban J connectivity index is 0. The van der Waals surface area contributed by atoms with Crippen molar-refractivity contribution in [3.05, 3.63) is 0 Å². The van der Waals surface area contributed by atoms with E-state index in [-0.39, 0.29) is 0 Å². The number of rotatable bonds is 21. The highest BCUT2D eigenvalue weighted by molar-refractivity contribution is 4.51. The standard InChI is InChI=1S/C25H54N.ClHO4/c1-5-8-11-14-17-20-23-26(4,24-21-18-15-12-9-6-2)25-22-19-16-13-10-7-3;2-1(3,4)5/h5-25H2,1-4H3;(H,2,3,4,5)/q+1;/p-1. The van der Waals surface area contributed by atoms with Crippen LogP contribution in [-0.2, 0) is 0 Å². The van der Waals surface area contributed by atoms with Gasteiger partial charge in [-0.3, -0.25) is 0 Å². The van der Waals surface area contributed by atoms with Gasteiger partial charge in [-0.25, -0.2) is 18.6 Å². The van der Waals surface area contributed by atoms with E-state index in [1.807, 2.05) is 0 Å². The summed E-state index contributed by atoms with van der Waals surface area (Å²) in [6.45, 7) is 11.2. The summed E-state index contributed by atoms with van der Waals surface area (Å²) in [6.07, 6.45) is 25.9. The summed E-state index contributed by atoms with van der Waals surface area (Å²) in [5, 5.41) is 0. The van der Waals surface area contributed by atoms with Gasteiger partial charge in [0.05, 0.1) is 26.7 Å². The molecular weight excluding hydrogens is 414 g/mol. The Morgan fingerprint density at radius 1 is 0.419 bits per heavy atom. The van der Waals surface area contributed by atoms with Crippen LogP contribution in [0.25, 0.3) is 0 Å². The number of hydrogen-bond acceptors (Lipinski definition) is 4. The molecule has 0 aromatic heterocycles. The first-order valence-corrected chi connectivity index (χ1v) is 14.4. The highest BCUT2D eigenvalue weighted by Gasteiger charge is 2.20. The lowest BCUT2D eigenvalue weighted by molar-refractivity contribution is -2.00. The molecule has 0 aliphatic rings. The third kappa shape index (κ3) is 32.4. The number of quaternary nitrogens is 1. The fraction of sp³-hybridized carbons (Fsp3) is 1.00. The van der Waals surface area contributed by atoms with Crippen molar-refractivity contribution in [2.75, 3.05) is 26.7 Å². The van der Waals surface area contributed by atoms with Crippen LogP contribution in [0.2, 0.25) is 0 Å². The zero-order valence-electron chi connectivity index (χ0n) is 21.3. The summed E-state index contributed by atoms with van der Waals surface area (Å²) in [5.41, 5.74) is 0. The largest absolute Gasteiger partial charge is 0.326 e. The minimum absolute atomic E-state index is 1.36. The van der Waals surface area contributed by atoms with Gasteiger partial charge < -0.3 is 4.48 Å². The van der Waals surface area contributed by atoms with Crippen molar-refractivity contribution in [2.45, 2.75) is 136 Å². The monoisotopic (exact) mass is 467 g/mol. The molecule has 0 heterocycles. The van der Waals surface area contributed by atoms with Gasteiger partial charge >= 0.3 is 0 Å². The van der Waals surface area contributed by atoms with Gasteiger partial charge in [0.2, 0.25) is 0 Å². The fourth-order valence-corrected chi connectivity index (χ4v) is 4.16. The molecule has 0 aliphatic heterocycles. The van der Waals surface area contributed by atoms with Gasteiger partial charge in [-0.2, -0.15) is 0 Å². The summed E-state index contributed by atoms with van der Waals surface area (Å²) in [6, 6.07) is 0. The second-order valence-electron chi connectivity index (χ2n) is 9.47. The molecule has 0 amide bonds. The van der Waals surface area contributed by atoms with E-state index in [1.165, 1.54) is 140 Å². The van der Waals surface area contributed by atoms with E-state index >= 15 is 0 Å². The zero-order chi connectivity index (χ0) is 23.8. The van der Waals surface area contributed by atoms with Gasteiger partial charge in [0, 0.05) is 0 Å². The van der Waals surface area contributed by atoms with Crippen molar-refractivity contribution >= 4 is 0 Å². The topological polar surface area (TPSA) is 92.2 Å². The Labute approximate surface area is 196 Å². The lowest BCUT2D eigenvalue weighted by Crippen LogP contribution is -2.68. The van der Waals surface area contributed by atoms with Crippen molar-refractivity contribution in [1.29, 1.82) is 0 Å². The maximum absolute atomic E-state index is 8.49. The molecule has 0 N–H and O–H groups in total. The molecule has 0 aliphatic carbocycles. The molecule has 5 nitrogen and oxygen atoms in total. The van der Waals surface area contributed by atoms with Gasteiger partial charge in [-0.15, -0.1) is 10.2 Å². The van der Waals surface area contributed by atoms with E-state index in [2.05, 4.69) is 27.8 Å². The molecule has 0 rings (SSSR count). The van der Waals surface area contributed by atoms with E-state index < -0.39 is 10.2 Å². The first-order chi connectivity index (χ1) is 14.7. The maximum atomic E-state index is 8.49. The predicted octanol–water partition coefficient (Wildman–Crippen LogP) is 3.76.